The van der Waals surface area contributed by atoms with Crippen LogP contribution in [0.15, 0.2) is 0 Å². The molecule has 0 spiro atoms. The van der Waals surface area contributed by atoms with Crippen LogP contribution in [-0.2, 0) is 0 Å². The molecule has 1 fully saturated rings. The van der Waals surface area contributed by atoms with Gasteiger partial charge in [-0.2, -0.15) is 0 Å². The van der Waals surface area contributed by atoms with Crippen molar-refractivity contribution in [2.45, 2.75) is 0 Å². The highest BCUT2D eigenvalue weighted by atomic mass is 35.9. The predicted octanol–water partition coefficient (Wildman–Crippen LogP) is 5.23. The second-order valence-electron chi connectivity index (χ2n) is 1.84. The number of halogens is 6. The van der Waals surface area contributed by atoms with Gasteiger partial charge < -0.3 is 0 Å². The molecular weight excluding hydrogens is 348 g/mol. The van der Waals surface area contributed by atoms with Crippen molar-refractivity contribution >= 4 is 86.3 Å². The molecule has 12 heteroatoms. The fraction of sp³-hybridized carbons (Fsp3) is 0. The van der Waals surface area contributed by atoms with Gasteiger partial charge in [-0.3, -0.25) is 0 Å². The Labute approximate surface area is 100 Å². The summed E-state index contributed by atoms with van der Waals surface area (Å²) in [5.74, 6) is 0. The molecule has 72 valence electrons. The van der Waals surface area contributed by atoms with Crippen LogP contribution in [0.5, 0.6) is 0 Å². The summed E-state index contributed by atoms with van der Waals surface area (Å²) < 4.78 is 0. The molecule has 12 heavy (non-hydrogen) atoms. The number of rotatable bonds is 0. The Kier molecular flexibility index (Phi) is 4.39. The molecule has 0 amide bonds. The van der Waals surface area contributed by atoms with Crippen molar-refractivity contribution in [3.63, 3.8) is 0 Å². The van der Waals surface area contributed by atoms with Crippen molar-refractivity contribution in [2.24, 2.45) is 0 Å². The molecule has 0 aliphatic carbocycles. The zero-order chi connectivity index (χ0) is 9.62. The molecule has 1 aliphatic rings. The average Bonchev–Trinajstić information content (AvgIpc) is 1.44. The van der Waals surface area contributed by atoms with E-state index in [9.17, 15) is 0 Å². The fourth-order valence-electron chi connectivity index (χ4n) is 0.540. The maximum Gasteiger partial charge on any atom is 0.424 e. The van der Waals surface area contributed by atoms with Gasteiger partial charge in [0.2, 0.25) is 0 Å². The standard InChI is InChI=1S/Cl6H3N3P3/c1-10(2)7-11(3,4)9-12(5,6)8-10/h7-9H/q+3. The number of nitrogens with one attached hydrogen (secondary N) is 3. The minimum absolute atomic E-state index is 2.61. The van der Waals surface area contributed by atoms with Gasteiger partial charge >= 0.3 is 18.8 Å². The molecule has 0 saturated carbocycles. The summed E-state index contributed by atoms with van der Waals surface area (Å²) in [5.41, 5.74) is 0. The van der Waals surface area contributed by atoms with Gasteiger partial charge in [0.15, 0.2) is 67.4 Å². The highest BCUT2D eigenvalue weighted by molar-refractivity contribution is 8.37. The van der Waals surface area contributed by atoms with Gasteiger partial charge in [0.1, 0.15) is 0 Å². The van der Waals surface area contributed by atoms with Gasteiger partial charge in [0.05, 0.1) is 0 Å². The van der Waals surface area contributed by atoms with E-state index >= 15 is 0 Å². The van der Waals surface area contributed by atoms with Crippen molar-refractivity contribution in [3.8, 4) is 0 Å². The molecule has 3 N–H and O–H groups in total. The van der Waals surface area contributed by atoms with E-state index in [1.807, 2.05) is 0 Å². The van der Waals surface area contributed by atoms with Gasteiger partial charge in [0, 0.05) is 14.6 Å². The van der Waals surface area contributed by atoms with Crippen molar-refractivity contribution in [1.29, 1.82) is 0 Å². The van der Waals surface area contributed by atoms with Crippen LogP contribution < -0.4 is 14.6 Å². The summed E-state index contributed by atoms with van der Waals surface area (Å²) in [5, 5.41) is 0. The average molecular weight is 351 g/mol. The highest BCUT2D eigenvalue weighted by Gasteiger charge is 2.71. The Bertz CT molecular complexity index is 145. The van der Waals surface area contributed by atoms with Crippen LogP contribution in [0, 0.1) is 0 Å². The molecular formula is H3Cl6N3P3+3. The van der Waals surface area contributed by atoms with Gasteiger partial charge in [-0.25, -0.2) is 0 Å². The van der Waals surface area contributed by atoms with E-state index in [0.29, 0.717) is 0 Å². The first kappa shape index (κ1) is 13.0. The minimum Gasteiger partial charge on any atom is 0.0327 e. The minimum atomic E-state index is -2.63. The van der Waals surface area contributed by atoms with Gasteiger partial charge in [-0.1, -0.05) is 0 Å². The Hall–Kier alpha value is 2.91. The Morgan fingerprint density at radius 3 is 0.833 bits per heavy atom. The molecule has 1 aliphatic heterocycles. The van der Waals surface area contributed by atoms with Crippen LogP contribution in [0.25, 0.3) is 0 Å². The summed E-state index contributed by atoms with van der Waals surface area (Å²) in [6.07, 6.45) is -7.88. The zero-order valence-electron chi connectivity index (χ0n) is 5.11. The third kappa shape index (κ3) is 4.19. The van der Waals surface area contributed by atoms with E-state index in [1.165, 1.54) is 0 Å². The molecule has 1 heterocycles. The van der Waals surface area contributed by atoms with Gasteiger partial charge in [-0.05, 0) is 0 Å². The summed E-state index contributed by atoms with van der Waals surface area (Å²) in [4.78, 5) is 7.82. The lowest BCUT2D eigenvalue weighted by atomic mass is 13.8. The lowest BCUT2D eigenvalue weighted by Gasteiger charge is -2.20. The summed E-state index contributed by atoms with van der Waals surface area (Å²) >= 11 is 34.6. The van der Waals surface area contributed by atoms with Crippen molar-refractivity contribution in [2.75, 3.05) is 0 Å². The monoisotopic (exact) mass is 348 g/mol. The van der Waals surface area contributed by atoms with Gasteiger partial charge in [-0.15, -0.1) is 0 Å². The Morgan fingerprint density at radius 1 is 0.500 bits per heavy atom. The topological polar surface area (TPSA) is 36.1 Å². The number of hydrogen-bond donors (Lipinski definition) is 3. The third-order valence-corrected chi connectivity index (χ3v) is 14.9. The van der Waals surface area contributed by atoms with E-state index in [2.05, 4.69) is 14.6 Å². The first-order valence-electron chi connectivity index (χ1n) is 2.36. The molecule has 0 unspecified atom stereocenters. The normalized spacial score (nSPS) is 31.5. The Morgan fingerprint density at radius 2 is 0.667 bits per heavy atom. The van der Waals surface area contributed by atoms with Crippen molar-refractivity contribution < 1.29 is 0 Å². The first-order chi connectivity index (χ1) is 5.12. The van der Waals surface area contributed by atoms with Crippen LogP contribution >= 0.6 is 86.3 Å². The molecule has 0 bridgehead atoms. The first-order valence-corrected chi connectivity index (χ1v) is 13.2. The molecule has 0 atom stereocenters. The molecule has 1 rings (SSSR count). The highest BCUT2D eigenvalue weighted by Crippen LogP contribution is 2.89. The van der Waals surface area contributed by atoms with Crippen LogP contribution in [0.4, 0.5) is 0 Å². The smallest absolute Gasteiger partial charge is 0.0327 e. The quantitative estimate of drug-likeness (QED) is 0.523. The largest absolute Gasteiger partial charge is 0.424 e. The summed E-state index contributed by atoms with van der Waals surface area (Å²) in [6, 6.07) is 0. The maximum absolute atomic E-state index is 5.77. The molecule has 0 aromatic carbocycles. The lowest BCUT2D eigenvalue weighted by molar-refractivity contribution is 1.39. The van der Waals surface area contributed by atoms with E-state index < -0.39 is 18.8 Å². The molecule has 0 radical (unpaired) electrons. The van der Waals surface area contributed by atoms with E-state index in [0.717, 1.165) is 0 Å². The van der Waals surface area contributed by atoms with E-state index in [4.69, 9.17) is 67.4 Å². The molecule has 0 aromatic rings. The van der Waals surface area contributed by atoms with Crippen molar-refractivity contribution in [1.82, 2.24) is 14.6 Å². The summed E-state index contributed by atoms with van der Waals surface area (Å²) in [6.45, 7) is 0. The molecule has 3 nitrogen and oxygen atoms in total. The third-order valence-electron chi connectivity index (χ3n) is 0.754. The predicted molar refractivity (Wildman–Crippen MR) is 65.3 cm³/mol. The molecule has 1 saturated heterocycles. The number of hydrogen-bond acceptors (Lipinski definition) is 3. The summed E-state index contributed by atoms with van der Waals surface area (Å²) in [7, 11) is 0. The SMILES string of the molecule is Cl[P+]1(Cl)N[P+](Cl)(Cl)N[P+](Cl)(Cl)N1. The Balaban J connectivity index is 2.81. The second kappa shape index (κ2) is 4.06. The fourth-order valence-corrected chi connectivity index (χ4v) is 22.5. The second-order valence-corrected chi connectivity index (χ2v) is 18.0. The molecule has 0 aromatic heterocycles. The van der Waals surface area contributed by atoms with Crippen molar-refractivity contribution in [3.05, 3.63) is 0 Å². The van der Waals surface area contributed by atoms with Crippen LogP contribution in [0.1, 0.15) is 0 Å². The zero-order valence-corrected chi connectivity index (χ0v) is 12.3. The maximum atomic E-state index is 5.77. The lowest BCUT2D eigenvalue weighted by Crippen LogP contribution is -2.31. The van der Waals surface area contributed by atoms with Crippen LogP contribution in [0.3, 0.4) is 0 Å². The van der Waals surface area contributed by atoms with Crippen LogP contribution in [0.2, 0.25) is 0 Å². The van der Waals surface area contributed by atoms with Gasteiger partial charge in [0.25, 0.3) is 0 Å². The van der Waals surface area contributed by atoms with E-state index in [1.54, 1.807) is 0 Å². The van der Waals surface area contributed by atoms with E-state index in [-0.39, 0.29) is 0 Å². The van der Waals surface area contributed by atoms with Crippen LogP contribution in [-0.4, -0.2) is 0 Å².